The third kappa shape index (κ3) is 4.54. The first kappa shape index (κ1) is 19.3. The number of carbonyl (C=O) groups is 2. The molecular formula is C16H18N4O5S. The molecule has 0 saturated carbocycles. The first-order valence-corrected chi connectivity index (χ1v) is 8.39. The number of H-pyrrole nitrogens is 1. The number of anilines is 2. The minimum absolute atomic E-state index is 0.0675. The van der Waals surface area contributed by atoms with Crippen LogP contribution in [0.25, 0.3) is 0 Å². The number of ketones is 1. The molecule has 0 spiro atoms. The van der Waals surface area contributed by atoms with E-state index in [-0.39, 0.29) is 33.8 Å². The number of benzene rings is 1. The molecule has 0 aliphatic heterocycles. The van der Waals surface area contributed by atoms with Crippen LogP contribution >= 0.6 is 11.8 Å². The molecule has 9 nitrogen and oxygen atoms in total. The van der Waals surface area contributed by atoms with E-state index in [4.69, 9.17) is 15.2 Å². The number of methoxy groups -OCH3 is 2. The Bertz CT molecular complexity index is 897. The Labute approximate surface area is 153 Å². The number of hydrogen-bond donors (Lipinski definition) is 3. The lowest BCUT2D eigenvalue weighted by Crippen LogP contribution is -2.23. The number of aromatic nitrogens is 2. The predicted octanol–water partition coefficient (Wildman–Crippen LogP) is 1.30. The molecule has 1 aromatic carbocycles. The summed E-state index contributed by atoms with van der Waals surface area (Å²) in [6, 6.07) is 4.57. The van der Waals surface area contributed by atoms with Gasteiger partial charge in [0.15, 0.2) is 22.5 Å². The van der Waals surface area contributed by atoms with Gasteiger partial charge in [-0.3, -0.25) is 19.4 Å². The highest BCUT2D eigenvalue weighted by Gasteiger charge is 2.16. The second kappa shape index (κ2) is 8.39. The van der Waals surface area contributed by atoms with Crippen molar-refractivity contribution in [3.63, 3.8) is 0 Å². The zero-order valence-electron chi connectivity index (χ0n) is 14.4. The van der Waals surface area contributed by atoms with Crippen molar-refractivity contribution in [3.05, 3.63) is 34.1 Å². The van der Waals surface area contributed by atoms with Crippen LogP contribution in [0.5, 0.6) is 11.5 Å². The predicted molar refractivity (Wildman–Crippen MR) is 98.2 cm³/mol. The minimum Gasteiger partial charge on any atom is -0.493 e. The number of nitrogens with zero attached hydrogens (tertiary/aromatic N) is 1. The average molecular weight is 378 g/mol. The van der Waals surface area contributed by atoms with Crippen molar-refractivity contribution in [2.75, 3.05) is 31.0 Å². The summed E-state index contributed by atoms with van der Waals surface area (Å²) in [6.45, 7) is 1.42. The third-order valence-electron chi connectivity index (χ3n) is 3.22. The molecule has 1 amide bonds. The molecule has 4 N–H and O–H groups in total. The number of nitrogen functional groups attached to an aromatic ring is 1. The molecule has 2 rings (SSSR count). The lowest BCUT2D eigenvalue weighted by molar-refractivity contribution is -0.114. The van der Waals surface area contributed by atoms with Crippen LogP contribution in [0.4, 0.5) is 11.5 Å². The molecule has 138 valence electrons. The van der Waals surface area contributed by atoms with Crippen LogP contribution in [0.15, 0.2) is 28.2 Å². The molecule has 1 aromatic heterocycles. The molecule has 2 aromatic rings. The molecule has 0 atom stereocenters. The average Bonchev–Trinajstić information content (AvgIpc) is 2.62. The molecule has 10 heteroatoms. The second-order valence-corrected chi connectivity index (χ2v) is 6.11. The topological polar surface area (TPSA) is 136 Å². The highest BCUT2D eigenvalue weighted by atomic mass is 32.2. The van der Waals surface area contributed by atoms with E-state index < -0.39 is 11.5 Å². The summed E-state index contributed by atoms with van der Waals surface area (Å²) in [5, 5.41) is 2.63. The standard InChI is InChI=1S/C16H18N4O5S/c1-8(21)7-26-16-19-13(17)12(15(23)20-16)18-14(22)9-4-5-10(24-2)11(6-9)25-3/h4-6H,7H2,1-3H3,(H,18,22)(H3,17,19,20,23). The number of nitrogens with one attached hydrogen (secondary N) is 2. The molecule has 0 saturated heterocycles. The summed E-state index contributed by atoms with van der Waals surface area (Å²) in [4.78, 5) is 42.0. The number of hydrogen-bond acceptors (Lipinski definition) is 8. The van der Waals surface area contributed by atoms with Gasteiger partial charge in [0.05, 0.1) is 20.0 Å². The molecule has 0 bridgehead atoms. The smallest absolute Gasteiger partial charge is 0.277 e. The van der Waals surface area contributed by atoms with Gasteiger partial charge in [0.1, 0.15) is 11.5 Å². The van der Waals surface area contributed by atoms with Crippen LogP contribution in [-0.4, -0.2) is 41.6 Å². The first-order valence-electron chi connectivity index (χ1n) is 7.41. The minimum atomic E-state index is -0.614. The van der Waals surface area contributed by atoms with Crippen LogP contribution in [-0.2, 0) is 4.79 Å². The van der Waals surface area contributed by atoms with Gasteiger partial charge < -0.3 is 20.5 Å². The molecule has 1 heterocycles. The normalized spacial score (nSPS) is 10.3. The van der Waals surface area contributed by atoms with E-state index in [0.717, 1.165) is 11.8 Å². The van der Waals surface area contributed by atoms with Crippen molar-refractivity contribution < 1.29 is 19.1 Å². The number of ether oxygens (including phenoxy) is 2. The maximum Gasteiger partial charge on any atom is 0.277 e. The van der Waals surface area contributed by atoms with Gasteiger partial charge in [-0.15, -0.1) is 0 Å². The van der Waals surface area contributed by atoms with Gasteiger partial charge in [0.25, 0.3) is 11.5 Å². The molecular weight excluding hydrogens is 360 g/mol. The Morgan fingerprint density at radius 3 is 2.54 bits per heavy atom. The van der Waals surface area contributed by atoms with Crippen molar-refractivity contribution >= 4 is 35.0 Å². The molecule has 0 aliphatic carbocycles. The highest BCUT2D eigenvalue weighted by molar-refractivity contribution is 7.99. The van der Waals surface area contributed by atoms with Gasteiger partial charge in [-0.1, -0.05) is 11.8 Å². The molecule has 0 fully saturated rings. The van der Waals surface area contributed by atoms with E-state index in [9.17, 15) is 14.4 Å². The fourth-order valence-electron chi connectivity index (χ4n) is 1.99. The maximum atomic E-state index is 12.4. The summed E-state index contributed by atoms with van der Waals surface area (Å²) >= 11 is 1.05. The Balaban J connectivity index is 2.24. The molecule has 0 unspecified atom stereocenters. The van der Waals surface area contributed by atoms with Crippen LogP contribution in [0.1, 0.15) is 17.3 Å². The second-order valence-electron chi connectivity index (χ2n) is 5.15. The zero-order valence-corrected chi connectivity index (χ0v) is 15.2. The summed E-state index contributed by atoms with van der Waals surface area (Å²) in [5.41, 5.74) is 5.23. The zero-order chi connectivity index (χ0) is 19.3. The van der Waals surface area contributed by atoms with Crippen LogP contribution in [0, 0.1) is 0 Å². The van der Waals surface area contributed by atoms with Gasteiger partial charge in [-0.05, 0) is 25.1 Å². The van der Waals surface area contributed by atoms with Crippen molar-refractivity contribution in [3.8, 4) is 11.5 Å². The first-order chi connectivity index (χ1) is 12.3. The Kier molecular flexibility index (Phi) is 6.23. The Morgan fingerprint density at radius 1 is 1.27 bits per heavy atom. The number of rotatable bonds is 7. The van der Waals surface area contributed by atoms with Crippen molar-refractivity contribution in [2.45, 2.75) is 12.1 Å². The quantitative estimate of drug-likeness (QED) is 0.484. The number of amides is 1. The summed E-state index contributed by atoms with van der Waals surface area (Å²) in [5.74, 6) is 0.218. The number of thioether (sulfide) groups is 1. The summed E-state index contributed by atoms with van der Waals surface area (Å²) < 4.78 is 10.3. The third-order valence-corrected chi connectivity index (χ3v) is 4.24. The summed E-state index contributed by atoms with van der Waals surface area (Å²) in [6.07, 6.45) is 0. The van der Waals surface area contributed by atoms with Crippen molar-refractivity contribution in [2.24, 2.45) is 0 Å². The van der Waals surface area contributed by atoms with E-state index in [1.165, 1.54) is 33.3 Å². The van der Waals surface area contributed by atoms with Gasteiger partial charge in [-0.25, -0.2) is 4.98 Å². The number of Topliss-reactive ketones (excluding diaryl/α,β-unsaturated/α-hetero) is 1. The monoisotopic (exact) mass is 378 g/mol. The van der Waals surface area contributed by atoms with Gasteiger partial charge >= 0.3 is 0 Å². The number of carbonyl (C=O) groups excluding carboxylic acids is 2. The van der Waals surface area contributed by atoms with Gasteiger partial charge in [-0.2, -0.15) is 0 Å². The van der Waals surface area contributed by atoms with Gasteiger partial charge in [0, 0.05) is 5.56 Å². The Hall–Kier alpha value is -3.01. The van der Waals surface area contributed by atoms with Crippen LogP contribution in [0.2, 0.25) is 0 Å². The van der Waals surface area contributed by atoms with E-state index in [1.54, 1.807) is 6.07 Å². The fourth-order valence-corrected chi connectivity index (χ4v) is 2.66. The van der Waals surface area contributed by atoms with Crippen LogP contribution < -0.4 is 26.1 Å². The van der Waals surface area contributed by atoms with Crippen molar-refractivity contribution in [1.29, 1.82) is 0 Å². The number of nitrogens with two attached hydrogens (primary N) is 1. The Morgan fingerprint density at radius 2 is 1.96 bits per heavy atom. The molecule has 0 radical (unpaired) electrons. The van der Waals surface area contributed by atoms with E-state index >= 15 is 0 Å². The SMILES string of the molecule is COc1ccc(C(=O)Nc2c(N)nc(SCC(C)=O)[nH]c2=O)cc1OC. The highest BCUT2D eigenvalue weighted by Crippen LogP contribution is 2.28. The van der Waals surface area contributed by atoms with E-state index in [0.29, 0.717) is 11.5 Å². The molecule has 0 aliphatic rings. The lowest BCUT2D eigenvalue weighted by atomic mass is 10.2. The largest absolute Gasteiger partial charge is 0.493 e. The van der Waals surface area contributed by atoms with Gasteiger partial charge in [0.2, 0.25) is 0 Å². The maximum absolute atomic E-state index is 12.4. The van der Waals surface area contributed by atoms with Crippen LogP contribution in [0.3, 0.4) is 0 Å². The number of aromatic amines is 1. The van der Waals surface area contributed by atoms with E-state index in [2.05, 4.69) is 15.3 Å². The lowest BCUT2D eigenvalue weighted by Gasteiger charge is -2.11. The van der Waals surface area contributed by atoms with E-state index in [1.807, 2.05) is 0 Å². The molecule has 26 heavy (non-hydrogen) atoms. The van der Waals surface area contributed by atoms with Crippen molar-refractivity contribution in [1.82, 2.24) is 9.97 Å². The fraction of sp³-hybridized carbons (Fsp3) is 0.250. The summed E-state index contributed by atoms with van der Waals surface area (Å²) in [7, 11) is 2.93.